The van der Waals surface area contributed by atoms with Crippen LogP contribution in [-0.2, 0) is 14.3 Å². The number of rotatable bonds is 2. The Bertz CT molecular complexity index is 252. The molecular weight excluding hydrogens is 212 g/mol. The van der Waals surface area contributed by atoms with Gasteiger partial charge in [0, 0.05) is 5.25 Å². The summed E-state index contributed by atoms with van der Waals surface area (Å²) in [5, 5.41) is -0.598. The van der Waals surface area contributed by atoms with Gasteiger partial charge >= 0.3 is 5.97 Å². The zero-order valence-corrected chi connectivity index (χ0v) is 9.07. The number of hydrogen-bond acceptors (Lipinski definition) is 4. The molecule has 1 aliphatic heterocycles. The third kappa shape index (κ3) is 1.12. The van der Waals surface area contributed by atoms with Crippen LogP contribution in [0.25, 0.3) is 0 Å². The van der Waals surface area contributed by atoms with Gasteiger partial charge in [0.1, 0.15) is 5.60 Å². The van der Waals surface area contributed by atoms with Crippen LogP contribution in [0.2, 0.25) is 0 Å². The van der Waals surface area contributed by atoms with Crippen LogP contribution in [0, 0.1) is 0 Å². The van der Waals surface area contributed by atoms with Crippen molar-refractivity contribution in [3.8, 4) is 0 Å². The molecule has 0 aromatic heterocycles. The summed E-state index contributed by atoms with van der Waals surface area (Å²) in [6.07, 6.45) is 3.76. The lowest BCUT2D eigenvalue weighted by molar-refractivity contribution is -0.143. The van der Waals surface area contributed by atoms with E-state index in [1.807, 2.05) is 6.26 Å². The average molecular weight is 223 g/mol. The average Bonchev–Trinajstić information content (AvgIpc) is 2.69. The molecule has 2 aliphatic rings. The van der Waals surface area contributed by atoms with Crippen LogP contribution < -0.4 is 0 Å². The molecule has 1 unspecified atom stereocenters. The normalized spacial score (nSPS) is 47.2. The number of carbonyl (C=O) groups excluding carboxylic acids is 1. The van der Waals surface area contributed by atoms with E-state index in [9.17, 15) is 4.79 Å². The van der Waals surface area contributed by atoms with Gasteiger partial charge < -0.3 is 9.47 Å². The molecule has 13 heavy (non-hydrogen) atoms. The summed E-state index contributed by atoms with van der Waals surface area (Å²) in [7, 11) is 1.33. The molecule has 2 rings (SSSR count). The maximum atomic E-state index is 11.2. The Hall–Kier alpha value is 0.0700. The number of epoxide rings is 1. The van der Waals surface area contributed by atoms with E-state index >= 15 is 0 Å². The van der Waals surface area contributed by atoms with Crippen LogP contribution in [0.3, 0.4) is 0 Å². The van der Waals surface area contributed by atoms with E-state index in [0.29, 0.717) is 5.25 Å². The van der Waals surface area contributed by atoms with Crippen molar-refractivity contribution in [1.29, 1.82) is 0 Å². The molecule has 1 heterocycles. The Morgan fingerprint density at radius 3 is 2.77 bits per heavy atom. The summed E-state index contributed by atoms with van der Waals surface area (Å²) in [5.41, 5.74) is -0.407. The fourth-order valence-corrected chi connectivity index (χ4v) is 3.04. The lowest BCUT2D eigenvalue weighted by Gasteiger charge is -2.32. The summed E-state index contributed by atoms with van der Waals surface area (Å²) < 4.78 is 9.86. The predicted octanol–water partition coefficient (Wildman–Crippen LogP) is 1.39. The molecular formula is C8H11ClO3S. The van der Waals surface area contributed by atoms with Gasteiger partial charge in [0.05, 0.1) is 7.11 Å². The van der Waals surface area contributed by atoms with Crippen LogP contribution in [0.1, 0.15) is 12.8 Å². The molecule has 74 valence electrons. The Labute approximate surface area is 86.1 Å². The minimum Gasteiger partial charge on any atom is -0.466 e. The van der Waals surface area contributed by atoms with Crippen molar-refractivity contribution < 1.29 is 14.3 Å². The van der Waals surface area contributed by atoms with E-state index in [-0.39, 0.29) is 0 Å². The van der Waals surface area contributed by atoms with Gasteiger partial charge in [0.15, 0.2) is 0 Å². The second-order valence-corrected chi connectivity index (χ2v) is 5.12. The monoisotopic (exact) mass is 222 g/mol. The lowest BCUT2D eigenvalue weighted by Crippen LogP contribution is -2.42. The molecule has 1 spiro atoms. The minimum atomic E-state index is -1.17. The quantitative estimate of drug-likeness (QED) is 0.402. The molecule has 1 saturated carbocycles. The number of alkyl halides is 1. The lowest BCUT2D eigenvalue weighted by atomic mass is 9.81. The van der Waals surface area contributed by atoms with Gasteiger partial charge in [-0.25, -0.2) is 4.79 Å². The molecule has 0 radical (unpaired) electrons. The van der Waals surface area contributed by atoms with E-state index < -0.39 is 16.6 Å². The molecule has 2 fully saturated rings. The highest BCUT2D eigenvalue weighted by atomic mass is 35.5. The van der Waals surface area contributed by atoms with Crippen LogP contribution in [0.5, 0.6) is 0 Å². The third-order valence-corrected chi connectivity index (χ3v) is 4.35. The molecule has 0 aromatic rings. The Kier molecular flexibility index (Phi) is 2.06. The van der Waals surface area contributed by atoms with Crippen LogP contribution >= 0.6 is 23.4 Å². The first-order valence-corrected chi connectivity index (χ1v) is 5.75. The second kappa shape index (κ2) is 2.78. The summed E-state index contributed by atoms with van der Waals surface area (Å²) >= 11 is 7.75. The van der Waals surface area contributed by atoms with E-state index in [1.54, 1.807) is 11.8 Å². The second-order valence-electron chi connectivity index (χ2n) is 3.45. The SMILES string of the molecule is COC(=O)C1(Cl)OC12CC(SC)C2. The Morgan fingerprint density at radius 2 is 2.31 bits per heavy atom. The first kappa shape index (κ1) is 9.62. The first-order valence-electron chi connectivity index (χ1n) is 4.08. The smallest absolute Gasteiger partial charge is 0.357 e. The Balaban J connectivity index is 1.98. The highest BCUT2D eigenvalue weighted by Crippen LogP contribution is 2.64. The predicted molar refractivity (Wildman–Crippen MR) is 51.0 cm³/mol. The summed E-state index contributed by atoms with van der Waals surface area (Å²) in [5.74, 6) is -0.464. The van der Waals surface area contributed by atoms with Gasteiger partial charge in [-0.05, 0) is 19.1 Å². The van der Waals surface area contributed by atoms with Gasteiger partial charge in [-0.2, -0.15) is 11.8 Å². The van der Waals surface area contributed by atoms with Crippen LogP contribution in [0.15, 0.2) is 0 Å². The highest BCUT2D eigenvalue weighted by Gasteiger charge is 2.79. The van der Waals surface area contributed by atoms with E-state index in [2.05, 4.69) is 4.74 Å². The number of hydrogen-bond donors (Lipinski definition) is 0. The minimum absolute atomic E-state index is 0.407. The number of thioether (sulfide) groups is 1. The molecule has 0 bridgehead atoms. The van der Waals surface area contributed by atoms with Crippen molar-refractivity contribution in [2.45, 2.75) is 28.8 Å². The van der Waals surface area contributed by atoms with Crippen molar-refractivity contribution in [1.82, 2.24) is 0 Å². The highest BCUT2D eigenvalue weighted by molar-refractivity contribution is 7.99. The maximum absolute atomic E-state index is 11.2. The van der Waals surface area contributed by atoms with E-state index in [1.165, 1.54) is 7.11 Å². The number of halogens is 1. The molecule has 0 N–H and O–H groups in total. The fourth-order valence-electron chi connectivity index (χ4n) is 1.79. The molecule has 3 nitrogen and oxygen atoms in total. The largest absolute Gasteiger partial charge is 0.466 e. The fraction of sp³-hybridized carbons (Fsp3) is 0.875. The molecule has 0 aromatic carbocycles. The van der Waals surface area contributed by atoms with Gasteiger partial charge in [0.25, 0.3) is 5.06 Å². The molecule has 1 aliphatic carbocycles. The zero-order valence-electron chi connectivity index (χ0n) is 7.50. The number of methoxy groups -OCH3 is 1. The van der Waals surface area contributed by atoms with Crippen molar-refractivity contribution in [2.75, 3.05) is 13.4 Å². The van der Waals surface area contributed by atoms with Crippen molar-refractivity contribution >= 4 is 29.3 Å². The number of carbonyl (C=O) groups is 1. The summed E-state index contributed by atoms with van der Waals surface area (Å²) in [6, 6.07) is 0. The molecule has 1 atom stereocenters. The summed E-state index contributed by atoms with van der Waals surface area (Å²) in [6.45, 7) is 0. The maximum Gasteiger partial charge on any atom is 0.357 e. The van der Waals surface area contributed by atoms with Crippen molar-refractivity contribution in [3.05, 3.63) is 0 Å². The number of esters is 1. The van der Waals surface area contributed by atoms with Crippen LogP contribution in [-0.4, -0.2) is 35.2 Å². The van der Waals surface area contributed by atoms with E-state index in [0.717, 1.165) is 12.8 Å². The zero-order chi connectivity index (χ0) is 9.69. The molecule has 5 heteroatoms. The third-order valence-electron chi connectivity index (χ3n) is 2.78. The topological polar surface area (TPSA) is 38.8 Å². The Morgan fingerprint density at radius 1 is 1.69 bits per heavy atom. The van der Waals surface area contributed by atoms with Gasteiger partial charge in [0.2, 0.25) is 0 Å². The molecule has 1 saturated heterocycles. The standard InChI is InChI=1S/C8H11ClO3S/c1-11-6(10)8(9)7(12-8)3-5(4-7)13-2/h5H,3-4H2,1-2H3. The molecule has 0 amide bonds. The van der Waals surface area contributed by atoms with Gasteiger partial charge in [-0.3, -0.25) is 0 Å². The summed E-state index contributed by atoms with van der Waals surface area (Å²) in [4.78, 5) is 11.2. The van der Waals surface area contributed by atoms with Crippen LogP contribution in [0.4, 0.5) is 0 Å². The first-order chi connectivity index (χ1) is 6.08. The van der Waals surface area contributed by atoms with Crippen molar-refractivity contribution in [3.63, 3.8) is 0 Å². The van der Waals surface area contributed by atoms with Gasteiger partial charge in [-0.1, -0.05) is 11.6 Å². The van der Waals surface area contributed by atoms with E-state index in [4.69, 9.17) is 16.3 Å². The van der Waals surface area contributed by atoms with Crippen molar-refractivity contribution in [2.24, 2.45) is 0 Å². The van der Waals surface area contributed by atoms with Gasteiger partial charge in [-0.15, -0.1) is 0 Å². The number of ether oxygens (including phenoxy) is 2.